The number of benzene rings is 1. The van der Waals surface area contributed by atoms with Crippen LogP contribution in [0.1, 0.15) is 17.3 Å². The minimum atomic E-state index is -1.46. The minimum absolute atomic E-state index is 0.369. The van der Waals surface area contributed by atoms with Crippen LogP contribution in [0.3, 0.4) is 0 Å². The van der Waals surface area contributed by atoms with Crippen LogP contribution in [0, 0.1) is 0 Å². The predicted molar refractivity (Wildman–Crippen MR) is 50.6 cm³/mol. The number of rotatable bonds is 3. The Hall–Kier alpha value is -1.68. The van der Waals surface area contributed by atoms with Gasteiger partial charge in [-0.3, -0.25) is 9.59 Å². The van der Waals surface area contributed by atoms with Gasteiger partial charge in [-0.15, -0.1) is 0 Å². The molecule has 74 valence electrons. The minimum Gasteiger partial charge on any atom is -0.367 e. The average Bonchev–Trinajstić information content (AvgIpc) is 2.17. The van der Waals surface area contributed by atoms with E-state index in [1.165, 1.54) is 6.92 Å². The average molecular weight is 193 g/mol. The lowest BCUT2D eigenvalue weighted by Gasteiger charge is -2.09. The van der Waals surface area contributed by atoms with Gasteiger partial charge in [0.1, 0.15) is 0 Å². The van der Waals surface area contributed by atoms with E-state index in [0.29, 0.717) is 5.56 Å². The summed E-state index contributed by atoms with van der Waals surface area (Å²) < 4.78 is 0. The van der Waals surface area contributed by atoms with E-state index >= 15 is 0 Å². The van der Waals surface area contributed by atoms with Crippen LogP contribution in [-0.4, -0.2) is 23.0 Å². The van der Waals surface area contributed by atoms with Gasteiger partial charge in [0.25, 0.3) is 0 Å². The second-order valence-corrected chi connectivity index (χ2v) is 2.83. The van der Waals surface area contributed by atoms with Gasteiger partial charge < -0.3 is 10.4 Å². The highest BCUT2D eigenvalue weighted by atomic mass is 16.3. The zero-order valence-electron chi connectivity index (χ0n) is 7.73. The third-order valence-electron chi connectivity index (χ3n) is 1.65. The first-order chi connectivity index (χ1) is 6.61. The number of ketones is 1. The van der Waals surface area contributed by atoms with E-state index in [0.717, 1.165) is 0 Å². The molecule has 4 heteroatoms. The quantitative estimate of drug-likeness (QED) is 0.536. The molecular formula is C10H11NO3. The van der Waals surface area contributed by atoms with Crippen molar-refractivity contribution in [2.24, 2.45) is 0 Å². The summed E-state index contributed by atoms with van der Waals surface area (Å²) in [5, 5.41) is 11.4. The van der Waals surface area contributed by atoms with Crippen LogP contribution in [0.2, 0.25) is 0 Å². The molecule has 1 aromatic carbocycles. The summed E-state index contributed by atoms with van der Waals surface area (Å²) in [6.07, 6.45) is -1.46. The molecule has 1 aromatic rings. The van der Waals surface area contributed by atoms with Gasteiger partial charge in [-0.25, -0.2) is 0 Å². The lowest BCUT2D eigenvalue weighted by Crippen LogP contribution is -2.39. The Morgan fingerprint density at radius 2 is 1.86 bits per heavy atom. The molecule has 0 saturated heterocycles. The summed E-state index contributed by atoms with van der Waals surface area (Å²) in [5.41, 5.74) is 0.369. The zero-order valence-corrected chi connectivity index (χ0v) is 7.73. The van der Waals surface area contributed by atoms with Crippen molar-refractivity contribution in [3.05, 3.63) is 35.9 Å². The van der Waals surface area contributed by atoms with Crippen LogP contribution in [-0.2, 0) is 4.79 Å². The number of hydrogen-bond donors (Lipinski definition) is 2. The molecule has 0 unspecified atom stereocenters. The van der Waals surface area contributed by atoms with Crippen molar-refractivity contribution in [3.63, 3.8) is 0 Å². The molecule has 14 heavy (non-hydrogen) atoms. The molecule has 0 aliphatic carbocycles. The van der Waals surface area contributed by atoms with E-state index in [9.17, 15) is 14.7 Å². The molecule has 0 heterocycles. The summed E-state index contributed by atoms with van der Waals surface area (Å²) in [6.45, 7) is 1.24. The Balaban J connectivity index is 2.71. The van der Waals surface area contributed by atoms with Gasteiger partial charge in [-0.2, -0.15) is 0 Å². The molecule has 1 atom stereocenters. The van der Waals surface area contributed by atoms with Crippen LogP contribution in [0.4, 0.5) is 0 Å². The fourth-order valence-corrected chi connectivity index (χ4v) is 1.02. The molecule has 0 aliphatic rings. The van der Waals surface area contributed by atoms with Crippen LogP contribution in [0.15, 0.2) is 30.3 Å². The van der Waals surface area contributed by atoms with Crippen molar-refractivity contribution < 1.29 is 14.7 Å². The number of amides is 1. The van der Waals surface area contributed by atoms with Gasteiger partial charge in [0.05, 0.1) is 0 Å². The number of carbonyl (C=O) groups is 2. The van der Waals surface area contributed by atoms with Crippen LogP contribution in [0.25, 0.3) is 0 Å². The molecule has 4 nitrogen and oxygen atoms in total. The van der Waals surface area contributed by atoms with E-state index in [-0.39, 0.29) is 0 Å². The topological polar surface area (TPSA) is 66.4 Å². The molecule has 0 radical (unpaired) electrons. The molecule has 1 amide bonds. The first-order valence-corrected chi connectivity index (χ1v) is 4.15. The highest BCUT2D eigenvalue weighted by Crippen LogP contribution is 2.01. The SMILES string of the molecule is CC(=O)N[C@H](O)C(=O)c1ccccc1. The maximum atomic E-state index is 11.4. The van der Waals surface area contributed by atoms with Crippen molar-refractivity contribution >= 4 is 11.7 Å². The van der Waals surface area contributed by atoms with Gasteiger partial charge in [-0.05, 0) is 0 Å². The number of nitrogens with one attached hydrogen (secondary N) is 1. The molecule has 1 rings (SSSR count). The molecule has 0 fully saturated rings. The van der Waals surface area contributed by atoms with E-state index in [1.807, 2.05) is 0 Å². The van der Waals surface area contributed by atoms with E-state index in [2.05, 4.69) is 5.32 Å². The maximum Gasteiger partial charge on any atom is 0.219 e. The number of carbonyl (C=O) groups excluding carboxylic acids is 2. The number of aliphatic hydroxyl groups excluding tert-OH is 1. The molecule has 0 saturated carbocycles. The predicted octanol–water partition coefficient (Wildman–Crippen LogP) is 0.324. The van der Waals surface area contributed by atoms with Crippen LogP contribution in [0.5, 0.6) is 0 Å². The van der Waals surface area contributed by atoms with Crippen molar-refractivity contribution in [2.75, 3.05) is 0 Å². The normalized spacial score (nSPS) is 11.9. The van der Waals surface area contributed by atoms with Crippen molar-refractivity contribution in [1.29, 1.82) is 0 Å². The van der Waals surface area contributed by atoms with Crippen LogP contribution >= 0.6 is 0 Å². The van der Waals surface area contributed by atoms with Gasteiger partial charge in [0.2, 0.25) is 11.7 Å². The van der Waals surface area contributed by atoms with Crippen molar-refractivity contribution in [1.82, 2.24) is 5.32 Å². The summed E-state index contributed by atoms with van der Waals surface area (Å²) in [7, 11) is 0. The van der Waals surface area contributed by atoms with Crippen LogP contribution < -0.4 is 5.32 Å². The van der Waals surface area contributed by atoms with Gasteiger partial charge in [0.15, 0.2) is 6.23 Å². The molecule has 0 bridgehead atoms. The summed E-state index contributed by atoms with van der Waals surface area (Å²) in [6, 6.07) is 8.30. The second kappa shape index (κ2) is 4.53. The first kappa shape index (κ1) is 10.4. The number of aliphatic hydroxyl groups is 1. The largest absolute Gasteiger partial charge is 0.367 e. The van der Waals surface area contributed by atoms with E-state index in [1.54, 1.807) is 30.3 Å². The molecular weight excluding hydrogens is 182 g/mol. The van der Waals surface area contributed by atoms with E-state index in [4.69, 9.17) is 0 Å². The monoisotopic (exact) mass is 193 g/mol. The Labute approximate surface area is 81.6 Å². The lowest BCUT2D eigenvalue weighted by atomic mass is 10.1. The lowest BCUT2D eigenvalue weighted by molar-refractivity contribution is -0.121. The Kier molecular flexibility index (Phi) is 3.36. The Morgan fingerprint density at radius 3 is 2.36 bits per heavy atom. The maximum absolute atomic E-state index is 11.4. The smallest absolute Gasteiger partial charge is 0.219 e. The molecule has 0 aliphatic heterocycles. The fourth-order valence-electron chi connectivity index (χ4n) is 1.02. The van der Waals surface area contributed by atoms with Crippen molar-refractivity contribution in [2.45, 2.75) is 13.2 Å². The number of hydrogen-bond acceptors (Lipinski definition) is 3. The highest BCUT2D eigenvalue weighted by molar-refractivity contribution is 6.00. The van der Waals surface area contributed by atoms with E-state index < -0.39 is 17.9 Å². The summed E-state index contributed by atoms with van der Waals surface area (Å²) >= 11 is 0. The first-order valence-electron chi connectivity index (χ1n) is 4.15. The Bertz CT molecular complexity index is 334. The zero-order chi connectivity index (χ0) is 10.6. The summed E-state index contributed by atoms with van der Waals surface area (Å²) in [5.74, 6) is -0.956. The van der Waals surface area contributed by atoms with Crippen molar-refractivity contribution in [3.8, 4) is 0 Å². The molecule has 2 N–H and O–H groups in total. The number of Topliss-reactive ketones (excluding diaryl/α,β-unsaturated/α-hetero) is 1. The standard InChI is InChI=1S/C10H11NO3/c1-7(12)11-10(14)9(13)8-5-3-2-4-6-8/h2-6,10,14H,1H3,(H,11,12)/t10-/m1/s1. The molecule has 0 spiro atoms. The molecule has 0 aromatic heterocycles. The third kappa shape index (κ3) is 2.67. The highest BCUT2D eigenvalue weighted by Gasteiger charge is 2.16. The van der Waals surface area contributed by atoms with Gasteiger partial charge in [-0.1, -0.05) is 30.3 Å². The second-order valence-electron chi connectivity index (χ2n) is 2.83. The Morgan fingerprint density at radius 1 is 1.29 bits per heavy atom. The van der Waals surface area contributed by atoms with Gasteiger partial charge in [0, 0.05) is 12.5 Å². The third-order valence-corrected chi connectivity index (χ3v) is 1.65. The summed E-state index contributed by atoms with van der Waals surface area (Å²) in [4.78, 5) is 22.0. The fraction of sp³-hybridized carbons (Fsp3) is 0.200. The van der Waals surface area contributed by atoms with Gasteiger partial charge >= 0.3 is 0 Å².